The van der Waals surface area contributed by atoms with Crippen LogP contribution in [0.2, 0.25) is 5.15 Å². The zero-order chi connectivity index (χ0) is 21.9. The molecule has 1 amide bonds. The van der Waals surface area contributed by atoms with Crippen LogP contribution in [0.25, 0.3) is 11.3 Å². The molecule has 3 heterocycles. The molecule has 2 N–H and O–H groups in total. The van der Waals surface area contributed by atoms with Crippen molar-refractivity contribution >= 4 is 40.8 Å². The second kappa shape index (κ2) is 9.28. The first-order chi connectivity index (χ1) is 14.1. The van der Waals surface area contributed by atoms with Crippen LogP contribution in [0.3, 0.4) is 0 Å². The van der Waals surface area contributed by atoms with E-state index in [2.05, 4.69) is 20.3 Å². The number of pyridine rings is 2. The number of hydrogen-bond donors (Lipinski definition) is 2. The predicted octanol–water partition coefficient (Wildman–Crippen LogP) is 5.77. The van der Waals surface area contributed by atoms with Crippen LogP contribution in [0.4, 0.5) is 9.18 Å². The van der Waals surface area contributed by atoms with Crippen LogP contribution in [-0.4, -0.2) is 32.2 Å². The predicted molar refractivity (Wildman–Crippen MR) is 117 cm³/mol. The SMILES string of the molecule is CC(C)(C)C(Cc1nc(-c2cccnc2F)c(Sc2ccnc(Cl)c2)s1)NC(=O)O. The lowest BCUT2D eigenvalue weighted by Crippen LogP contribution is -2.44. The first-order valence-electron chi connectivity index (χ1n) is 9.03. The molecule has 0 spiro atoms. The molecule has 3 aromatic heterocycles. The molecular weight excluding hydrogens is 447 g/mol. The third kappa shape index (κ3) is 5.68. The number of carboxylic acid groups (broad SMARTS) is 1. The van der Waals surface area contributed by atoms with E-state index in [4.69, 9.17) is 11.6 Å². The molecule has 0 aliphatic carbocycles. The Bertz CT molecular complexity index is 1060. The Hall–Kier alpha value is -2.23. The molecule has 0 aliphatic heterocycles. The Morgan fingerprint density at radius 2 is 2.10 bits per heavy atom. The first kappa shape index (κ1) is 22.5. The second-order valence-corrected chi connectivity index (χ2v) is 10.4. The largest absolute Gasteiger partial charge is 0.465 e. The van der Waals surface area contributed by atoms with Gasteiger partial charge in [-0.15, -0.1) is 11.3 Å². The van der Waals surface area contributed by atoms with Crippen LogP contribution in [-0.2, 0) is 6.42 Å². The van der Waals surface area contributed by atoms with Gasteiger partial charge in [-0.3, -0.25) is 0 Å². The molecule has 0 bridgehead atoms. The van der Waals surface area contributed by atoms with E-state index in [-0.39, 0.29) is 11.5 Å². The highest BCUT2D eigenvalue weighted by Crippen LogP contribution is 2.41. The van der Waals surface area contributed by atoms with Gasteiger partial charge in [0.1, 0.15) is 10.8 Å². The van der Waals surface area contributed by atoms with Gasteiger partial charge in [-0.1, -0.05) is 44.1 Å². The molecule has 10 heteroatoms. The summed E-state index contributed by atoms with van der Waals surface area (Å²) in [6.45, 7) is 5.87. The number of nitrogens with one attached hydrogen (secondary N) is 1. The van der Waals surface area contributed by atoms with Crippen LogP contribution in [0, 0.1) is 11.4 Å². The Morgan fingerprint density at radius 3 is 2.73 bits per heavy atom. The highest BCUT2D eigenvalue weighted by molar-refractivity contribution is 8.01. The molecular formula is C20H20ClFN4O2S2. The highest BCUT2D eigenvalue weighted by Gasteiger charge is 2.29. The smallest absolute Gasteiger partial charge is 0.404 e. The van der Waals surface area contributed by atoms with Crippen molar-refractivity contribution < 1.29 is 14.3 Å². The molecule has 3 rings (SSSR count). The van der Waals surface area contributed by atoms with E-state index in [1.54, 1.807) is 24.4 Å². The average Bonchev–Trinajstić information content (AvgIpc) is 3.02. The summed E-state index contributed by atoms with van der Waals surface area (Å²) in [5, 5.41) is 12.8. The molecule has 0 fully saturated rings. The standard InChI is InChI=1S/C20H20ClFN4O2S2/c1-20(2,3)13(25-19(27)28)10-15-26-16(12-5-4-7-24-17(12)22)18(30-15)29-11-6-8-23-14(21)9-11/h4-9,13,25H,10H2,1-3H3,(H,27,28). The van der Waals surface area contributed by atoms with Crippen LogP contribution < -0.4 is 5.32 Å². The summed E-state index contributed by atoms with van der Waals surface area (Å²) in [7, 11) is 0. The maximum Gasteiger partial charge on any atom is 0.404 e. The van der Waals surface area contributed by atoms with E-state index in [9.17, 15) is 14.3 Å². The van der Waals surface area contributed by atoms with Crippen molar-refractivity contribution in [1.82, 2.24) is 20.3 Å². The number of nitrogens with zero attached hydrogens (tertiary/aromatic N) is 3. The summed E-state index contributed by atoms with van der Waals surface area (Å²) < 4.78 is 15.2. The van der Waals surface area contributed by atoms with E-state index in [1.807, 2.05) is 26.8 Å². The van der Waals surface area contributed by atoms with Crippen LogP contribution >= 0.6 is 34.7 Å². The van der Waals surface area contributed by atoms with Gasteiger partial charge >= 0.3 is 6.09 Å². The van der Waals surface area contributed by atoms with Crippen molar-refractivity contribution in [3.8, 4) is 11.3 Å². The van der Waals surface area contributed by atoms with E-state index >= 15 is 0 Å². The van der Waals surface area contributed by atoms with Gasteiger partial charge in [0.2, 0.25) is 5.95 Å². The van der Waals surface area contributed by atoms with E-state index in [1.165, 1.54) is 29.3 Å². The van der Waals surface area contributed by atoms with E-state index < -0.39 is 12.0 Å². The summed E-state index contributed by atoms with van der Waals surface area (Å²) in [5.41, 5.74) is 0.443. The summed E-state index contributed by atoms with van der Waals surface area (Å²) >= 11 is 8.79. The van der Waals surface area contributed by atoms with Crippen molar-refractivity contribution in [1.29, 1.82) is 0 Å². The zero-order valence-electron chi connectivity index (χ0n) is 16.5. The van der Waals surface area contributed by atoms with Crippen molar-refractivity contribution in [2.45, 2.75) is 42.3 Å². The Morgan fingerprint density at radius 1 is 1.33 bits per heavy atom. The first-order valence-corrected chi connectivity index (χ1v) is 11.0. The second-order valence-electron chi connectivity index (χ2n) is 7.57. The fraction of sp³-hybridized carbons (Fsp3) is 0.300. The van der Waals surface area contributed by atoms with Gasteiger partial charge in [-0.05, 0) is 29.7 Å². The Balaban J connectivity index is 2.01. The van der Waals surface area contributed by atoms with Gasteiger partial charge in [0.05, 0.1) is 14.8 Å². The van der Waals surface area contributed by atoms with Gasteiger partial charge in [0.15, 0.2) is 0 Å². The van der Waals surface area contributed by atoms with Gasteiger partial charge in [0.25, 0.3) is 0 Å². The summed E-state index contributed by atoms with van der Waals surface area (Å²) in [4.78, 5) is 24.5. The van der Waals surface area contributed by atoms with Crippen LogP contribution in [0.15, 0.2) is 45.8 Å². The number of thiazole rings is 1. The minimum atomic E-state index is -1.09. The number of halogens is 2. The summed E-state index contributed by atoms with van der Waals surface area (Å²) in [6.07, 6.45) is 2.27. The minimum absolute atomic E-state index is 0.293. The number of carbonyl (C=O) groups is 1. The number of aromatic nitrogens is 3. The molecule has 1 atom stereocenters. The number of rotatable bonds is 6. The van der Waals surface area contributed by atoms with Gasteiger partial charge in [-0.2, -0.15) is 4.39 Å². The molecule has 0 saturated heterocycles. The fourth-order valence-corrected chi connectivity index (χ4v) is 5.29. The molecule has 3 aromatic rings. The maximum absolute atomic E-state index is 14.4. The van der Waals surface area contributed by atoms with Crippen molar-refractivity contribution in [3.05, 3.63) is 52.8 Å². The van der Waals surface area contributed by atoms with Gasteiger partial charge in [0, 0.05) is 29.8 Å². The lowest BCUT2D eigenvalue weighted by molar-refractivity contribution is 0.174. The molecule has 30 heavy (non-hydrogen) atoms. The fourth-order valence-electron chi connectivity index (χ4n) is 2.69. The zero-order valence-corrected chi connectivity index (χ0v) is 18.9. The molecule has 0 radical (unpaired) electrons. The minimum Gasteiger partial charge on any atom is -0.465 e. The third-order valence-electron chi connectivity index (χ3n) is 4.28. The average molecular weight is 467 g/mol. The monoisotopic (exact) mass is 466 g/mol. The highest BCUT2D eigenvalue weighted by atomic mass is 35.5. The summed E-state index contributed by atoms with van der Waals surface area (Å²) in [5.74, 6) is -0.611. The molecule has 0 saturated carbocycles. The van der Waals surface area contributed by atoms with Gasteiger partial charge < -0.3 is 10.4 Å². The van der Waals surface area contributed by atoms with Crippen LogP contribution in [0.5, 0.6) is 0 Å². The molecule has 158 valence electrons. The topological polar surface area (TPSA) is 88.0 Å². The lowest BCUT2D eigenvalue weighted by atomic mass is 9.85. The molecule has 6 nitrogen and oxygen atoms in total. The summed E-state index contributed by atoms with van der Waals surface area (Å²) in [6, 6.07) is 6.45. The van der Waals surface area contributed by atoms with Crippen molar-refractivity contribution in [2.24, 2.45) is 5.41 Å². The van der Waals surface area contributed by atoms with E-state index in [0.29, 0.717) is 27.8 Å². The maximum atomic E-state index is 14.4. The molecule has 1 unspecified atom stereocenters. The number of hydrogen-bond acceptors (Lipinski definition) is 6. The number of amides is 1. The van der Waals surface area contributed by atoms with Gasteiger partial charge in [-0.25, -0.2) is 19.7 Å². The normalized spacial score (nSPS) is 12.6. The van der Waals surface area contributed by atoms with Crippen molar-refractivity contribution in [2.75, 3.05) is 0 Å². The van der Waals surface area contributed by atoms with Crippen molar-refractivity contribution in [3.63, 3.8) is 0 Å². The van der Waals surface area contributed by atoms with E-state index in [0.717, 1.165) is 9.10 Å². The lowest BCUT2D eigenvalue weighted by Gasteiger charge is -2.29. The Kier molecular flexibility index (Phi) is 6.95. The quantitative estimate of drug-likeness (QED) is 0.448. The molecule has 0 aliphatic rings. The Labute approximate surface area is 186 Å². The van der Waals surface area contributed by atoms with Crippen LogP contribution in [0.1, 0.15) is 25.8 Å². The third-order valence-corrected chi connectivity index (χ3v) is 6.73. The molecule has 0 aromatic carbocycles.